The lowest BCUT2D eigenvalue weighted by Crippen LogP contribution is -2.26. The van der Waals surface area contributed by atoms with E-state index in [2.05, 4.69) is 15.0 Å². The molecule has 2 fully saturated rings. The highest BCUT2D eigenvalue weighted by Gasteiger charge is 2.35. The molecule has 1 aromatic carbocycles. The van der Waals surface area contributed by atoms with Crippen LogP contribution in [0.4, 0.5) is 14.5 Å². The van der Waals surface area contributed by atoms with Crippen LogP contribution in [-0.4, -0.2) is 19.5 Å². The molecular formula is C25H21F2N5O. The van der Waals surface area contributed by atoms with Crippen LogP contribution in [0.3, 0.4) is 0 Å². The van der Waals surface area contributed by atoms with Gasteiger partial charge in [0.15, 0.2) is 5.65 Å². The zero-order valence-electron chi connectivity index (χ0n) is 18.0. The second-order valence-electron chi connectivity index (χ2n) is 8.89. The van der Waals surface area contributed by atoms with Gasteiger partial charge >= 0.3 is 5.69 Å². The number of anilines is 1. The number of fused-ring (bicyclic) bond motifs is 1. The van der Waals surface area contributed by atoms with Gasteiger partial charge in [0.2, 0.25) is 0 Å². The number of nitrogens with two attached hydrogens (primary N) is 1. The molecule has 2 aliphatic carbocycles. The summed E-state index contributed by atoms with van der Waals surface area (Å²) in [6.07, 6.45) is 5.86. The van der Waals surface area contributed by atoms with Crippen molar-refractivity contribution in [2.75, 3.05) is 5.73 Å². The van der Waals surface area contributed by atoms with Gasteiger partial charge < -0.3 is 5.73 Å². The van der Waals surface area contributed by atoms with Gasteiger partial charge in [0.1, 0.15) is 17.3 Å². The molecular weight excluding hydrogens is 424 g/mol. The minimum absolute atomic E-state index is 0.0686. The Kier molecular flexibility index (Phi) is 4.33. The number of hydrogen-bond donors (Lipinski definition) is 1. The average molecular weight is 445 g/mol. The third-order valence-electron chi connectivity index (χ3n) is 6.48. The van der Waals surface area contributed by atoms with Gasteiger partial charge in [-0.15, -0.1) is 0 Å². The van der Waals surface area contributed by atoms with Crippen LogP contribution in [0.15, 0.2) is 41.3 Å². The molecule has 2 saturated carbocycles. The van der Waals surface area contributed by atoms with E-state index in [0.29, 0.717) is 22.7 Å². The van der Waals surface area contributed by atoms with Crippen LogP contribution in [0, 0.1) is 18.6 Å². The summed E-state index contributed by atoms with van der Waals surface area (Å²) in [6.45, 7) is 1.64. The van der Waals surface area contributed by atoms with E-state index in [1.165, 1.54) is 28.8 Å². The zero-order valence-corrected chi connectivity index (χ0v) is 18.0. The molecule has 4 aromatic rings. The second kappa shape index (κ2) is 7.16. The molecule has 8 heteroatoms. The molecule has 2 aliphatic rings. The van der Waals surface area contributed by atoms with Crippen molar-refractivity contribution in [3.05, 3.63) is 75.6 Å². The first-order chi connectivity index (χ1) is 15.9. The SMILES string of the molecule is Cc1nc(=O)n(-c2c(C3CC3)ccnc2C2CC2)c2nc(-c3c(N)cccc3F)c(F)cc12. The highest BCUT2D eigenvalue weighted by atomic mass is 19.1. The van der Waals surface area contributed by atoms with Crippen molar-refractivity contribution in [1.82, 2.24) is 19.5 Å². The fourth-order valence-corrected chi connectivity index (χ4v) is 4.54. The van der Waals surface area contributed by atoms with E-state index in [1.54, 1.807) is 13.1 Å². The predicted molar refractivity (Wildman–Crippen MR) is 121 cm³/mol. The van der Waals surface area contributed by atoms with Gasteiger partial charge in [0, 0.05) is 23.2 Å². The molecule has 3 heterocycles. The largest absolute Gasteiger partial charge is 0.398 e. The van der Waals surface area contributed by atoms with E-state index in [9.17, 15) is 9.18 Å². The Morgan fingerprint density at radius 1 is 1.03 bits per heavy atom. The van der Waals surface area contributed by atoms with Gasteiger partial charge in [-0.2, -0.15) is 4.98 Å². The number of rotatable bonds is 4. The summed E-state index contributed by atoms with van der Waals surface area (Å²) in [4.78, 5) is 26.6. The molecule has 0 amide bonds. The lowest BCUT2D eigenvalue weighted by molar-refractivity contribution is 0.613. The maximum Gasteiger partial charge on any atom is 0.354 e. The van der Waals surface area contributed by atoms with Crippen molar-refractivity contribution in [3.8, 4) is 16.9 Å². The number of hydrogen-bond acceptors (Lipinski definition) is 5. The van der Waals surface area contributed by atoms with Crippen molar-refractivity contribution in [2.45, 2.75) is 44.4 Å². The first-order valence-corrected chi connectivity index (χ1v) is 11.1. The molecule has 33 heavy (non-hydrogen) atoms. The van der Waals surface area contributed by atoms with Gasteiger partial charge in [0.05, 0.1) is 22.6 Å². The Balaban J connectivity index is 1.73. The minimum Gasteiger partial charge on any atom is -0.398 e. The van der Waals surface area contributed by atoms with Gasteiger partial charge in [-0.05, 0) is 68.4 Å². The zero-order chi connectivity index (χ0) is 22.9. The Hall–Kier alpha value is -3.68. The summed E-state index contributed by atoms with van der Waals surface area (Å²) >= 11 is 0. The monoisotopic (exact) mass is 445 g/mol. The normalized spacial score (nSPS) is 15.8. The smallest absolute Gasteiger partial charge is 0.354 e. The van der Waals surface area contributed by atoms with E-state index in [-0.39, 0.29) is 28.5 Å². The lowest BCUT2D eigenvalue weighted by Gasteiger charge is -2.18. The van der Waals surface area contributed by atoms with Crippen molar-refractivity contribution < 1.29 is 8.78 Å². The molecule has 0 aliphatic heterocycles. The van der Waals surface area contributed by atoms with Crippen LogP contribution in [0.25, 0.3) is 28.0 Å². The van der Waals surface area contributed by atoms with E-state index >= 15 is 4.39 Å². The van der Waals surface area contributed by atoms with E-state index < -0.39 is 17.3 Å². The molecule has 3 aromatic heterocycles. The van der Waals surface area contributed by atoms with Gasteiger partial charge in [0.25, 0.3) is 0 Å². The highest BCUT2D eigenvalue weighted by molar-refractivity contribution is 5.85. The van der Waals surface area contributed by atoms with E-state index in [0.717, 1.165) is 36.9 Å². The minimum atomic E-state index is -0.731. The summed E-state index contributed by atoms with van der Waals surface area (Å²) in [6, 6.07) is 7.35. The van der Waals surface area contributed by atoms with Crippen molar-refractivity contribution in [3.63, 3.8) is 0 Å². The molecule has 0 radical (unpaired) electrons. The molecule has 166 valence electrons. The van der Waals surface area contributed by atoms with Crippen LogP contribution >= 0.6 is 0 Å². The van der Waals surface area contributed by atoms with Crippen LogP contribution in [0.1, 0.15) is 54.5 Å². The maximum absolute atomic E-state index is 15.2. The Morgan fingerprint density at radius 3 is 2.48 bits per heavy atom. The van der Waals surface area contributed by atoms with Crippen molar-refractivity contribution >= 4 is 16.7 Å². The quantitative estimate of drug-likeness (QED) is 0.458. The Labute approximate surface area is 188 Å². The molecule has 0 saturated heterocycles. The maximum atomic E-state index is 15.2. The number of nitrogens with zero attached hydrogens (tertiary/aromatic N) is 4. The third kappa shape index (κ3) is 3.20. The number of nitrogen functional groups attached to an aromatic ring is 1. The fourth-order valence-electron chi connectivity index (χ4n) is 4.54. The average Bonchev–Trinajstić information content (AvgIpc) is 3.68. The fraction of sp³-hybridized carbons (Fsp3) is 0.280. The molecule has 0 unspecified atom stereocenters. The molecule has 0 spiro atoms. The van der Waals surface area contributed by atoms with Crippen LogP contribution in [0.2, 0.25) is 0 Å². The second-order valence-corrected chi connectivity index (χ2v) is 8.89. The number of pyridine rings is 2. The van der Waals surface area contributed by atoms with Crippen molar-refractivity contribution in [2.24, 2.45) is 0 Å². The Bertz CT molecular complexity index is 1450. The van der Waals surface area contributed by atoms with E-state index in [1.807, 2.05) is 6.07 Å². The summed E-state index contributed by atoms with van der Waals surface area (Å²) in [7, 11) is 0. The topological polar surface area (TPSA) is 86.7 Å². The first kappa shape index (κ1) is 20.0. The number of benzene rings is 1. The molecule has 2 N–H and O–H groups in total. The highest BCUT2D eigenvalue weighted by Crippen LogP contribution is 2.48. The number of aromatic nitrogens is 4. The molecule has 0 atom stereocenters. The van der Waals surface area contributed by atoms with Crippen LogP contribution in [0.5, 0.6) is 0 Å². The summed E-state index contributed by atoms with van der Waals surface area (Å²) in [5.41, 5.74) is 8.32. The molecule has 6 rings (SSSR count). The van der Waals surface area contributed by atoms with Gasteiger partial charge in [-0.3, -0.25) is 4.98 Å². The van der Waals surface area contributed by atoms with Gasteiger partial charge in [-0.25, -0.2) is 23.1 Å². The first-order valence-electron chi connectivity index (χ1n) is 11.1. The summed E-state index contributed by atoms with van der Waals surface area (Å²) in [5, 5.41) is 0.387. The summed E-state index contributed by atoms with van der Waals surface area (Å²) < 4.78 is 31.3. The lowest BCUT2D eigenvalue weighted by atomic mass is 10.0. The third-order valence-corrected chi connectivity index (χ3v) is 6.48. The predicted octanol–water partition coefficient (Wildman–Crippen LogP) is 4.77. The van der Waals surface area contributed by atoms with Crippen LogP contribution < -0.4 is 11.4 Å². The standard InChI is InChI=1S/C25H21F2N5O/c1-12-16-11-18(27)22(20-17(26)3-2-4-19(20)28)31-24(16)32(25(33)30-12)23-15(13-5-6-13)9-10-29-21(23)14-7-8-14/h2-4,9-11,13-14H,5-8,28H2,1H3. The molecule has 6 nitrogen and oxygen atoms in total. The number of aryl methyl sites for hydroxylation is 1. The summed E-state index contributed by atoms with van der Waals surface area (Å²) in [5.74, 6) is -0.806. The van der Waals surface area contributed by atoms with Gasteiger partial charge in [-0.1, -0.05) is 6.07 Å². The Morgan fingerprint density at radius 2 is 1.79 bits per heavy atom. The van der Waals surface area contributed by atoms with Crippen molar-refractivity contribution in [1.29, 1.82) is 0 Å². The molecule has 0 bridgehead atoms. The number of halogens is 2. The van der Waals surface area contributed by atoms with E-state index in [4.69, 9.17) is 5.73 Å². The van der Waals surface area contributed by atoms with Crippen LogP contribution in [-0.2, 0) is 0 Å².